The van der Waals surface area contributed by atoms with E-state index in [-0.39, 0.29) is 10.4 Å². The molecule has 0 aliphatic rings. The Morgan fingerprint density at radius 1 is 1.10 bits per heavy atom. The zero-order valence-electron chi connectivity index (χ0n) is 16.4. The van der Waals surface area contributed by atoms with Crippen molar-refractivity contribution < 1.29 is 27.4 Å². The van der Waals surface area contributed by atoms with Gasteiger partial charge < -0.3 is 15.2 Å². The molecule has 2 heterocycles. The number of aromatic nitrogens is 2. The fraction of sp³-hybridized carbons (Fsp3) is 0.143. The van der Waals surface area contributed by atoms with Gasteiger partial charge in [0.25, 0.3) is 5.91 Å². The van der Waals surface area contributed by atoms with Crippen LogP contribution < -0.4 is 15.2 Å². The molecule has 1 amide bonds. The fourth-order valence-corrected chi connectivity index (χ4v) is 4.29. The first-order valence-corrected chi connectivity index (χ1v) is 9.75. The van der Waals surface area contributed by atoms with Gasteiger partial charge in [0.1, 0.15) is 16.2 Å². The first kappa shape index (κ1) is 20.7. The maximum Gasteiger partial charge on any atom is 0.416 e. The molecule has 10 heteroatoms. The molecule has 4 rings (SSSR count). The molecule has 0 bridgehead atoms. The summed E-state index contributed by atoms with van der Waals surface area (Å²) in [6, 6.07) is 9.84. The first-order chi connectivity index (χ1) is 14.7. The second-order valence-corrected chi connectivity index (χ2v) is 7.61. The van der Waals surface area contributed by atoms with Crippen LogP contribution in [0.1, 0.15) is 15.2 Å². The molecule has 0 aliphatic carbocycles. The normalized spacial score (nSPS) is 11.6. The van der Waals surface area contributed by atoms with Crippen molar-refractivity contribution in [1.29, 1.82) is 0 Å². The summed E-state index contributed by atoms with van der Waals surface area (Å²) in [7, 11) is 3.02. The monoisotopic (exact) mass is 447 g/mol. The minimum Gasteiger partial charge on any atom is -0.493 e. The standard InChI is InChI=1S/C21H16F3N3O3S/c1-29-16-8-14-15(9-17(16)30-2)27(10-26-14)18-7-13(19(31-18)20(25)28)11-4-3-5-12(6-11)21(22,23)24/h3-10H,1-2H3,(H2,25,28). The number of hydrogen-bond donors (Lipinski definition) is 1. The van der Waals surface area contributed by atoms with E-state index < -0.39 is 17.6 Å². The van der Waals surface area contributed by atoms with E-state index >= 15 is 0 Å². The smallest absolute Gasteiger partial charge is 0.416 e. The van der Waals surface area contributed by atoms with Crippen LogP contribution in [0.25, 0.3) is 27.2 Å². The summed E-state index contributed by atoms with van der Waals surface area (Å²) < 4.78 is 51.8. The number of imidazole rings is 1. The van der Waals surface area contributed by atoms with Crippen molar-refractivity contribution in [2.75, 3.05) is 14.2 Å². The highest BCUT2D eigenvalue weighted by Crippen LogP contribution is 2.39. The van der Waals surface area contributed by atoms with Crippen molar-refractivity contribution in [3.63, 3.8) is 0 Å². The number of hydrogen-bond acceptors (Lipinski definition) is 5. The topological polar surface area (TPSA) is 79.4 Å². The van der Waals surface area contributed by atoms with Gasteiger partial charge >= 0.3 is 6.18 Å². The quantitative estimate of drug-likeness (QED) is 0.473. The minimum absolute atomic E-state index is 0.150. The highest BCUT2D eigenvalue weighted by Gasteiger charge is 2.31. The Labute approximate surface area is 178 Å². The van der Waals surface area contributed by atoms with Gasteiger partial charge in [0.05, 0.1) is 30.8 Å². The van der Waals surface area contributed by atoms with Crippen LogP contribution in [0.15, 0.2) is 48.8 Å². The number of alkyl halides is 3. The zero-order chi connectivity index (χ0) is 22.3. The molecule has 4 aromatic rings. The number of amides is 1. The van der Waals surface area contributed by atoms with Crippen molar-refractivity contribution in [3.8, 4) is 27.6 Å². The predicted molar refractivity (Wildman–Crippen MR) is 111 cm³/mol. The number of nitrogens with two attached hydrogens (primary N) is 1. The van der Waals surface area contributed by atoms with Gasteiger partial charge in [0, 0.05) is 17.7 Å². The van der Waals surface area contributed by atoms with Crippen LogP contribution in [-0.2, 0) is 6.18 Å². The fourth-order valence-electron chi connectivity index (χ4n) is 3.27. The molecule has 31 heavy (non-hydrogen) atoms. The van der Waals surface area contributed by atoms with Gasteiger partial charge in [-0.1, -0.05) is 12.1 Å². The molecular formula is C21H16F3N3O3S. The Balaban J connectivity index is 1.88. The second kappa shape index (κ2) is 7.62. The molecule has 0 unspecified atom stereocenters. The average Bonchev–Trinajstić information content (AvgIpc) is 3.36. The third-order valence-corrected chi connectivity index (χ3v) is 5.88. The number of primary amides is 1. The van der Waals surface area contributed by atoms with E-state index in [1.807, 2.05) is 0 Å². The van der Waals surface area contributed by atoms with Crippen LogP contribution in [0.3, 0.4) is 0 Å². The van der Waals surface area contributed by atoms with E-state index in [1.54, 1.807) is 29.1 Å². The maximum atomic E-state index is 13.2. The van der Waals surface area contributed by atoms with Crippen LogP contribution in [0, 0.1) is 0 Å². The van der Waals surface area contributed by atoms with Crippen molar-refractivity contribution >= 4 is 28.3 Å². The molecule has 160 valence electrons. The Hall–Kier alpha value is -3.53. The molecule has 0 saturated heterocycles. The van der Waals surface area contributed by atoms with Gasteiger partial charge in [-0.3, -0.25) is 9.36 Å². The van der Waals surface area contributed by atoms with Gasteiger partial charge in [-0.25, -0.2) is 4.98 Å². The molecule has 6 nitrogen and oxygen atoms in total. The summed E-state index contributed by atoms with van der Waals surface area (Å²) in [6.45, 7) is 0. The van der Waals surface area contributed by atoms with Gasteiger partial charge in [-0.15, -0.1) is 11.3 Å². The zero-order valence-corrected chi connectivity index (χ0v) is 17.2. The lowest BCUT2D eigenvalue weighted by Gasteiger charge is -2.08. The number of rotatable bonds is 5. The number of carbonyl (C=O) groups is 1. The van der Waals surface area contributed by atoms with E-state index in [4.69, 9.17) is 15.2 Å². The number of fused-ring (bicyclic) bond motifs is 1. The summed E-state index contributed by atoms with van der Waals surface area (Å²) in [6.07, 6.45) is -2.95. The first-order valence-electron chi connectivity index (χ1n) is 8.93. The number of ether oxygens (including phenoxy) is 2. The third-order valence-electron chi connectivity index (χ3n) is 4.73. The average molecular weight is 447 g/mol. The lowest BCUT2D eigenvalue weighted by molar-refractivity contribution is -0.137. The van der Waals surface area contributed by atoms with Crippen molar-refractivity contribution in [3.05, 3.63) is 59.2 Å². The number of thiophene rings is 1. The van der Waals surface area contributed by atoms with E-state index in [9.17, 15) is 18.0 Å². The van der Waals surface area contributed by atoms with E-state index in [0.29, 0.717) is 33.1 Å². The van der Waals surface area contributed by atoms with E-state index in [2.05, 4.69) is 4.98 Å². The molecule has 0 radical (unpaired) electrons. The lowest BCUT2D eigenvalue weighted by atomic mass is 10.0. The molecule has 0 saturated carbocycles. The summed E-state index contributed by atoms with van der Waals surface area (Å²) >= 11 is 1.07. The molecule has 0 atom stereocenters. The predicted octanol–water partition coefficient (Wildman–Crippen LogP) is 4.89. The second-order valence-electron chi connectivity index (χ2n) is 6.58. The van der Waals surface area contributed by atoms with E-state index in [0.717, 1.165) is 23.5 Å². The van der Waals surface area contributed by atoms with Crippen LogP contribution in [0.2, 0.25) is 0 Å². The van der Waals surface area contributed by atoms with Gasteiger partial charge in [-0.05, 0) is 23.8 Å². The van der Waals surface area contributed by atoms with Crippen LogP contribution in [-0.4, -0.2) is 29.7 Å². The highest BCUT2D eigenvalue weighted by atomic mass is 32.1. The summed E-state index contributed by atoms with van der Waals surface area (Å²) in [4.78, 5) is 16.6. The lowest BCUT2D eigenvalue weighted by Crippen LogP contribution is -2.10. The number of carbonyl (C=O) groups excluding carboxylic acids is 1. The summed E-state index contributed by atoms with van der Waals surface area (Å²) in [5.74, 6) is 0.266. The molecule has 0 spiro atoms. The summed E-state index contributed by atoms with van der Waals surface area (Å²) in [5.41, 5.74) is 6.57. The van der Waals surface area contributed by atoms with Gasteiger partial charge in [0.2, 0.25) is 0 Å². The Bertz CT molecular complexity index is 1290. The van der Waals surface area contributed by atoms with Gasteiger partial charge in [-0.2, -0.15) is 13.2 Å². The summed E-state index contributed by atoms with van der Waals surface area (Å²) in [5, 5.41) is 0.566. The minimum atomic E-state index is -4.50. The number of nitrogens with zero attached hydrogens (tertiary/aromatic N) is 2. The molecule has 2 N–H and O–H groups in total. The molecule has 0 aliphatic heterocycles. The Morgan fingerprint density at radius 2 is 1.81 bits per heavy atom. The van der Waals surface area contributed by atoms with Crippen LogP contribution >= 0.6 is 11.3 Å². The van der Waals surface area contributed by atoms with Gasteiger partial charge in [0.15, 0.2) is 11.5 Å². The largest absolute Gasteiger partial charge is 0.493 e. The molecular weight excluding hydrogens is 431 g/mol. The SMILES string of the molecule is COc1cc2ncn(-c3cc(-c4cccc(C(F)(F)F)c4)c(C(N)=O)s3)c2cc1OC. The number of halogens is 3. The van der Waals surface area contributed by atoms with Crippen LogP contribution in [0.5, 0.6) is 11.5 Å². The third kappa shape index (κ3) is 3.70. The van der Waals surface area contributed by atoms with Crippen molar-refractivity contribution in [2.45, 2.75) is 6.18 Å². The highest BCUT2D eigenvalue weighted by molar-refractivity contribution is 7.17. The van der Waals surface area contributed by atoms with Crippen molar-refractivity contribution in [1.82, 2.24) is 9.55 Å². The molecule has 0 fully saturated rings. The molecule has 2 aromatic carbocycles. The number of methoxy groups -OCH3 is 2. The van der Waals surface area contributed by atoms with E-state index in [1.165, 1.54) is 26.4 Å². The number of benzene rings is 2. The molecule has 2 aromatic heterocycles. The maximum absolute atomic E-state index is 13.2. The Morgan fingerprint density at radius 3 is 2.45 bits per heavy atom. The Kier molecular flexibility index (Phi) is 5.10. The van der Waals surface area contributed by atoms with Crippen molar-refractivity contribution in [2.24, 2.45) is 5.73 Å². The van der Waals surface area contributed by atoms with Crippen LogP contribution in [0.4, 0.5) is 13.2 Å².